The number of anilines is 1. The molecule has 11 heteroatoms. The topological polar surface area (TPSA) is 88.6 Å². The fraction of sp³-hybridized carbons (Fsp3) is 0.393. The Morgan fingerprint density at radius 3 is 2.82 bits per heavy atom. The molecular formula is C28H30ClF2N5O3. The van der Waals surface area contributed by atoms with Crippen LogP contribution in [-0.2, 0) is 27.4 Å². The molecule has 0 aliphatic carbocycles. The third kappa shape index (κ3) is 6.70. The summed E-state index contributed by atoms with van der Waals surface area (Å²) in [7, 11) is 0. The van der Waals surface area contributed by atoms with E-state index in [-0.39, 0.29) is 30.8 Å². The van der Waals surface area contributed by atoms with Crippen LogP contribution in [0.2, 0.25) is 5.02 Å². The van der Waals surface area contributed by atoms with Crippen LogP contribution in [0, 0.1) is 11.6 Å². The molecular weight excluding hydrogens is 528 g/mol. The van der Waals surface area contributed by atoms with E-state index < -0.39 is 17.7 Å². The first-order chi connectivity index (χ1) is 18.9. The summed E-state index contributed by atoms with van der Waals surface area (Å²) in [5.41, 5.74) is 3.56. The Kier molecular flexibility index (Phi) is 8.66. The van der Waals surface area contributed by atoms with Crippen LogP contribution in [0.3, 0.4) is 0 Å². The van der Waals surface area contributed by atoms with Gasteiger partial charge in [-0.25, -0.2) is 18.7 Å². The Balaban J connectivity index is 1.25. The summed E-state index contributed by atoms with van der Waals surface area (Å²) in [6.07, 6.45) is 3.39. The molecule has 8 nitrogen and oxygen atoms in total. The highest BCUT2D eigenvalue weighted by atomic mass is 35.5. The van der Waals surface area contributed by atoms with Crippen molar-refractivity contribution in [3.63, 3.8) is 0 Å². The summed E-state index contributed by atoms with van der Waals surface area (Å²) in [4.78, 5) is 23.6. The molecule has 1 aromatic heterocycles. The largest absolute Gasteiger partial charge is 0.381 e. The SMILES string of the molecule is CC(NC(=O)CN1COCc2cc(-c3nc(NC4CCOCC4)ncc3Cl)ccc2C1)c1cccc(F)c1F. The van der Waals surface area contributed by atoms with Crippen molar-refractivity contribution in [1.82, 2.24) is 20.2 Å². The maximum Gasteiger partial charge on any atom is 0.234 e. The number of carbonyl (C=O) groups excluding carboxylic acids is 1. The molecule has 2 aromatic carbocycles. The second kappa shape index (κ2) is 12.3. The Morgan fingerprint density at radius 1 is 1.18 bits per heavy atom. The summed E-state index contributed by atoms with van der Waals surface area (Å²) < 4.78 is 39.0. The van der Waals surface area contributed by atoms with Crippen molar-refractivity contribution >= 4 is 23.5 Å². The predicted octanol–water partition coefficient (Wildman–Crippen LogP) is 4.83. The highest BCUT2D eigenvalue weighted by Gasteiger charge is 2.22. The van der Waals surface area contributed by atoms with Crippen molar-refractivity contribution in [1.29, 1.82) is 0 Å². The third-order valence-electron chi connectivity index (χ3n) is 6.90. The van der Waals surface area contributed by atoms with Crippen LogP contribution in [0.1, 0.15) is 42.5 Å². The number of hydrogen-bond donors (Lipinski definition) is 2. The number of fused-ring (bicyclic) bond motifs is 1. The molecule has 1 saturated heterocycles. The Hall–Kier alpha value is -3.18. The van der Waals surface area contributed by atoms with Gasteiger partial charge in [0.1, 0.15) is 6.73 Å². The molecule has 1 fully saturated rings. The quantitative estimate of drug-likeness (QED) is 0.430. The van der Waals surface area contributed by atoms with E-state index >= 15 is 0 Å². The van der Waals surface area contributed by atoms with E-state index in [4.69, 9.17) is 21.1 Å². The van der Waals surface area contributed by atoms with Crippen LogP contribution in [0.5, 0.6) is 0 Å². The molecule has 2 N–H and O–H groups in total. The van der Waals surface area contributed by atoms with Gasteiger partial charge in [0.15, 0.2) is 11.6 Å². The minimum atomic E-state index is -0.955. The van der Waals surface area contributed by atoms with Gasteiger partial charge in [-0.1, -0.05) is 35.9 Å². The summed E-state index contributed by atoms with van der Waals surface area (Å²) in [6, 6.07) is 9.43. The average molecular weight is 558 g/mol. The summed E-state index contributed by atoms with van der Waals surface area (Å²) in [5.74, 6) is -1.69. The first-order valence-electron chi connectivity index (χ1n) is 12.9. The van der Waals surface area contributed by atoms with E-state index in [1.165, 1.54) is 12.1 Å². The number of nitrogens with zero attached hydrogens (tertiary/aromatic N) is 3. The Morgan fingerprint density at radius 2 is 2.00 bits per heavy atom. The molecule has 1 amide bonds. The van der Waals surface area contributed by atoms with Crippen LogP contribution >= 0.6 is 11.6 Å². The van der Waals surface area contributed by atoms with Gasteiger partial charge >= 0.3 is 0 Å². The predicted molar refractivity (Wildman–Crippen MR) is 143 cm³/mol. The van der Waals surface area contributed by atoms with Gasteiger partial charge in [-0.3, -0.25) is 9.69 Å². The van der Waals surface area contributed by atoms with Crippen molar-refractivity contribution in [2.24, 2.45) is 0 Å². The van der Waals surface area contributed by atoms with Gasteiger partial charge < -0.3 is 20.1 Å². The van der Waals surface area contributed by atoms with Gasteiger partial charge in [0.25, 0.3) is 0 Å². The van der Waals surface area contributed by atoms with Crippen molar-refractivity contribution in [2.75, 3.05) is 31.8 Å². The first kappa shape index (κ1) is 27.4. The van der Waals surface area contributed by atoms with Crippen molar-refractivity contribution in [3.8, 4) is 11.3 Å². The molecule has 1 unspecified atom stereocenters. The number of rotatable bonds is 7. The molecule has 1 atom stereocenters. The smallest absolute Gasteiger partial charge is 0.234 e. The zero-order chi connectivity index (χ0) is 27.4. The van der Waals surface area contributed by atoms with Gasteiger partial charge in [-0.2, -0.15) is 0 Å². The highest BCUT2D eigenvalue weighted by Crippen LogP contribution is 2.30. The molecule has 5 rings (SSSR count). The van der Waals surface area contributed by atoms with E-state index in [2.05, 4.69) is 20.6 Å². The lowest BCUT2D eigenvalue weighted by atomic mass is 10.0. The standard InChI is InChI=1S/C28H30ClF2N5O3/c1-17(22-3-2-4-24(30)26(22)31)33-25(37)14-36-13-19-6-5-18(11-20(19)15-39-16-36)27-23(29)12-32-28(35-27)34-21-7-9-38-10-8-21/h2-6,11-12,17,21H,7-10,13-16H2,1H3,(H,33,37)(H,32,34,35). The van der Waals surface area contributed by atoms with E-state index in [0.717, 1.165) is 35.6 Å². The van der Waals surface area contributed by atoms with E-state index in [1.54, 1.807) is 13.1 Å². The number of ether oxygens (including phenoxy) is 2. The third-order valence-corrected chi connectivity index (χ3v) is 7.17. The molecule has 3 aromatic rings. The summed E-state index contributed by atoms with van der Waals surface area (Å²) >= 11 is 6.47. The van der Waals surface area contributed by atoms with Crippen molar-refractivity contribution in [3.05, 3.63) is 75.9 Å². The highest BCUT2D eigenvalue weighted by molar-refractivity contribution is 6.32. The second-order valence-corrected chi connectivity index (χ2v) is 10.2. The van der Waals surface area contributed by atoms with Crippen LogP contribution in [0.4, 0.5) is 14.7 Å². The number of carbonyl (C=O) groups is 1. The van der Waals surface area contributed by atoms with E-state index in [0.29, 0.717) is 43.0 Å². The van der Waals surface area contributed by atoms with Crippen LogP contribution in [0.15, 0.2) is 42.6 Å². The lowest BCUT2D eigenvalue weighted by molar-refractivity contribution is -0.124. The van der Waals surface area contributed by atoms with Gasteiger partial charge in [0.2, 0.25) is 11.9 Å². The molecule has 39 heavy (non-hydrogen) atoms. The lowest BCUT2D eigenvalue weighted by Gasteiger charge is -2.23. The second-order valence-electron chi connectivity index (χ2n) is 9.80. The Labute approximate surface area is 230 Å². The lowest BCUT2D eigenvalue weighted by Crippen LogP contribution is -2.38. The number of hydrogen-bond acceptors (Lipinski definition) is 7. The van der Waals surface area contributed by atoms with Crippen LogP contribution in [-0.4, -0.2) is 53.3 Å². The van der Waals surface area contributed by atoms with E-state index in [1.807, 2.05) is 23.1 Å². The fourth-order valence-electron chi connectivity index (χ4n) is 4.82. The molecule has 0 spiro atoms. The molecule has 0 radical (unpaired) electrons. The number of halogens is 3. The van der Waals surface area contributed by atoms with Gasteiger partial charge in [0, 0.05) is 36.9 Å². The molecule has 3 heterocycles. The van der Waals surface area contributed by atoms with Crippen LogP contribution < -0.4 is 10.6 Å². The molecule has 2 aliphatic heterocycles. The molecule has 0 bridgehead atoms. The van der Waals surface area contributed by atoms with E-state index in [9.17, 15) is 13.6 Å². The van der Waals surface area contributed by atoms with Gasteiger partial charge in [0.05, 0.1) is 36.1 Å². The normalized spacial score (nSPS) is 17.2. The van der Waals surface area contributed by atoms with Crippen molar-refractivity contribution < 1.29 is 23.0 Å². The molecule has 206 valence electrons. The summed E-state index contributed by atoms with van der Waals surface area (Å²) in [6.45, 7) is 4.18. The van der Waals surface area contributed by atoms with Crippen molar-refractivity contribution in [2.45, 2.75) is 45.0 Å². The van der Waals surface area contributed by atoms with Gasteiger partial charge in [-0.15, -0.1) is 0 Å². The Bertz CT molecular complexity index is 1340. The fourth-order valence-corrected chi connectivity index (χ4v) is 5.02. The monoisotopic (exact) mass is 557 g/mol. The maximum absolute atomic E-state index is 14.1. The average Bonchev–Trinajstić information content (AvgIpc) is 3.12. The number of aromatic nitrogens is 2. The minimum absolute atomic E-state index is 0.0431. The minimum Gasteiger partial charge on any atom is -0.381 e. The maximum atomic E-state index is 14.1. The number of amides is 1. The molecule has 0 saturated carbocycles. The zero-order valence-electron chi connectivity index (χ0n) is 21.6. The molecule has 2 aliphatic rings. The number of nitrogens with one attached hydrogen (secondary N) is 2. The van der Waals surface area contributed by atoms with Crippen LogP contribution in [0.25, 0.3) is 11.3 Å². The zero-order valence-corrected chi connectivity index (χ0v) is 22.3. The van der Waals surface area contributed by atoms with Gasteiger partial charge in [-0.05, 0) is 43.0 Å². The number of benzene rings is 2. The summed E-state index contributed by atoms with van der Waals surface area (Å²) in [5, 5.41) is 6.57. The first-order valence-corrected chi connectivity index (χ1v) is 13.3.